The molecule has 0 radical (unpaired) electrons. The Morgan fingerprint density at radius 2 is 0.353 bits per heavy atom. The first-order valence-corrected chi connectivity index (χ1v) is 4.29. The number of hydrogen-bond donors (Lipinski definition) is 0. The summed E-state index contributed by atoms with van der Waals surface area (Å²) < 4.78 is 0. The summed E-state index contributed by atoms with van der Waals surface area (Å²) in [7, 11) is 0. The van der Waals surface area contributed by atoms with Crippen LogP contribution in [0.2, 0.25) is 0 Å². The fraction of sp³-hybridized carbons (Fsp3) is 0. The van der Waals surface area contributed by atoms with Gasteiger partial charge < -0.3 is 111 Å². The number of carboxylic acid groups (broad SMARTS) is 14. The minimum Gasteiger partial charge on any atom is -0.652 e. The Balaban J connectivity index is -0.0000000134. The van der Waals surface area contributed by atoms with Crippen molar-refractivity contribution < 1.29 is 204 Å². The van der Waals surface area contributed by atoms with Gasteiger partial charge in [-0.15, -0.1) is 0 Å². The van der Waals surface area contributed by atoms with E-state index < -0.39 is 43.1 Å². The molecule has 0 saturated heterocycles. The van der Waals surface area contributed by atoms with Gasteiger partial charge in [0.1, 0.15) is 0 Å². The second-order valence-corrected chi connectivity index (χ2v) is 1.75. The Bertz CT molecular complexity index is 334. The normalized spacial score (nSPS) is 4.94. The zero-order valence-corrected chi connectivity index (χ0v) is 31.7. The third-order valence-electron chi connectivity index (χ3n) is 0. The molecule has 27 heteroatoms. The number of hydrogen-bond acceptors (Lipinski definition) is 21. The monoisotopic (exact) mass is 966 g/mol. The van der Waals surface area contributed by atoms with E-state index in [4.69, 9.17) is 105 Å². The zero-order valence-electron chi connectivity index (χ0n) is 16.1. The predicted molar refractivity (Wildman–Crippen MR) is 52.9 cm³/mol. The quantitative estimate of drug-likeness (QED) is 0.203. The van der Waals surface area contributed by atoms with Crippen molar-refractivity contribution in [1.29, 1.82) is 0 Å². The third-order valence-corrected chi connectivity index (χ3v) is 0. The molecule has 0 aromatic heterocycles. The van der Waals surface area contributed by atoms with E-state index in [1.807, 2.05) is 0 Å². The fourth-order valence-electron chi connectivity index (χ4n) is 0. The molecule has 0 aliphatic heterocycles. The van der Waals surface area contributed by atoms with E-state index in [2.05, 4.69) is 0 Å². The summed E-state index contributed by atoms with van der Waals surface area (Å²) in [6.45, 7) is 0. The van der Waals surface area contributed by atoms with Crippen molar-refractivity contribution in [3.8, 4) is 0 Å². The van der Waals surface area contributed by atoms with E-state index in [9.17, 15) is 0 Å². The van der Waals surface area contributed by atoms with Crippen molar-refractivity contribution in [3.05, 3.63) is 0 Å². The zero-order chi connectivity index (χ0) is 25.0. The second-order valence-electron chi connectivity index (χ2n) is 1.75. The minimum absolute atomic E-state index is 0. The molecule has 0 fully saturated rings. The fourth-order valence-corrected chi connectivity index (χ4v) is 0. The first-order chi connectivity index (χ1) is 12.1. The van der Waals surface area contributed by atoms with E-state index in [0.717, 1.165) is 0 Å². The Morgan fingerprint density at radius 3 is 0.353 bits per heavy atom. The molecule has 0 saturated carbocycles. The van der Waals surface area contributed by atoms with Crippen LogP contribution in [-0.2, 0) is 32.7 Å². The van der Waals surface area contributed by atoms with Crippen molar-refractivity contribution >= 4 is 130 Å². The SMILES string of the molecule is O.O=C([O-])[O-].O=C([O-])[O-].O=C([O-])[O-].O=C([O-])[O-].O=C([O-])[O-].O=C([O-])[O-].O=C([O-])[O-].[Ba+2].[Ca+2].[Na+].[U].[Y+3]. The van der Waals surface area contributed by atoms with E-state index in [1.165, 1.54) is 0 Å². The van der Waals surface area contributed by atoms with Crippen LogP contribution in [-0.4, -0.2) is 135 Å². The van der Waals surface area contributed by atoms with Gasteiger partial charge in [0.05, 0.1) is 0 Å². The molecule has 22 nitrogen and oxygen atoms in total. The maximum absolute atomic E-state index is 8.33. The first-order valence-electron chi connectivity index (χ1n) is 4.29. The summed E-state index contributed by atoms with van der Waals surface area (Å²) >= 11 is 0. The Hall–Kier alpha value is 0.837. The number of carbonyl (C=O) groups excluding carboxylic acids is 7. The topological polar surface area (TPSA) is 474 Å². The van der Waals surface area contributed by atoms with Crippen molar-refractivity contribution in [2.75, 3.05) is 0 Å². The number of rotatable bonds is 0. The van der Waals surface area contributed by atoms with Gasteiger partial charge >= 0.3 is 149 Å². The van der Waals surface area contributed by atoms with Crippen LogP contribution in [0.5, 0.6) is 0 Å². The van der Waals surface area contributed by atoms with Crippen molar-refractivity contribution in [2.24, 2.45) is 0 Å². The van der Waals surface area contributed by atoms with Crippen LogP contribution >= 0.6 is 0 Å². The Labute approximate surface area is 327 Å². The molecule has 0 aromatic carbocycles. The molecular formula is C7H2BaCaNaO22UY-6. The maximum atomic E-state index is 8.33. The largest absolute Gasteiger partial charge is 3.00 e. The van der Waals surface area contributed by atoms with Gasteiger partial charge in [0.25, 0.3) is 0 Å². The predicted octanol–water partition coefficient (Wildman–Crippen LogP) is -21.7. The maximum Gasteiger partial charge on any atom is 3.00 e. The van der Waals surface area contributed by atoms with Crippen molar-refractivity contribution in [1.82, 2.24) is 0 Å². The van der Waals surface area contributed by atoms with E-state index in [0.29, 0.717) is 0 Å². The molecule has 180 valence electrons. The van der Waals surface area contributed by atoms with Crippen LogP contribution in [0.15, 0.2) is 0 Å². The van der Waals surface area contributed by atoms with Gasteiger partial charge in [0.15, 0.2) is 0 Å². The molecule has 0 bridgehead atoms. The molecule has 0 rings (SSSR count). The van der Waals surface area contributed by atoms with Crippen molar-refractivity contribution in [3.63, 3.8) is 0 Å². The van der Waals surface area contributed by atoms with Gasteiger partial charge in [-0.1, -0.05) is 0 Å². The van der Waals surface area contributed by atoms with Crippen LogP contribution < -0.4 is 101 Å². The van der Waals surface area contributed by atoms with Crippen LogP contribution in [0.4, 0.5) is 33.6 Å². The van der Waals surface area contributed by atoms with Gasteiger partial charge in [0, 0.05) is 31.1 Å². The Morgan fingerprint density at radius 1 is 0.353 bits per heavy atom. The Kier molecular flexibility index (Phi) is 188. The molecular weight excluding hydrogens is 963 g/mol. The van der Waals surface area contributed by atoms with E-state index in [1.54, 1.807) is 0 Å². The standard InChI is InChI=1S/7CH2O3.Ba.Ca.Na.H2O.U.Y/c7*2-1(3)4;;;;;;/h7*(H2,2,3,4);;;;1H2;;/q;;;;;;;2*+2;+1;;;+3/p-14. The summed E-state index contributed by atoms with van der Waals surface area (Å²) in [5.74, 6) is 0. The van der Waals surface area contributed by atoms with Gasteiger partial charge in [-0.05, 0) is 43.1 Å². The summed E-state index contributed by atoms with van der Waals surface area (Å²) in [5, 5.41) is 117. The van der Waals surface area contributed by atoms with Gasteiger partial charge in [-0.25, -0.2) is 0 Å². The molecule has 0 aliphatic rings. The molecule has 0 spiro atoms. The summed E-state index contributed by atoms with van der Waals surface area (Å²) in [4.78, 5) is 58.3. The van der Waals surface area contributed by atoms with Crippen molar-refractivity contribution in [2.45, 2.75) is 0 Å². The van der Waals surface area contributed by atoms with Gasteiger partial charge in [0.2, 0.25) is 0 Å². The van der Waals surface area contributed by atoms with Gasteiger partial charge in [-0.3, -0.25) is 0 Å². The second kappa shape index (κ2) is 76.5. The summed E-state index contributed by atoms with van der Waals surface area (Å²) in [5.41, 5.74) is 0. The van der Waals surface area contributed by atoms with E-state index in [-0.39, 0.29) is 185 Å². The molecule has 0 amide bonds. The van der Waals surface area contributed by atoms with Gasteiger partial charge in [-0.2, -0.15) is 0 Å². The molecule has 0 heterocycles. The number of carbonyl (C=O) groups is 7. The summed E-state index contributed by atoms with van der Waals surface area (Å²) in [6.07, 6.45) is -16.3. The van der Waals surface area contributed by atoms with Crippen LogP contribution in [0.25, 0.3) is 0 Å². The molecule has 0 aromatic rings. The molecule has 0 aliphatic carbocycles. The van der Waals surface area contributed by atoms with E-state index >= 15 is 0 Å². The summed E-state index contributed by atoms with van der Waals surface area (Å²) in [6, 6.07) is 0. The van der Waals surface area contributed by atoms with Crippen LogP contribution in [0.3, 0.4) is 0 Å². The van der Waals surface area contributed by atoms with Crippen LogP contribution in [0.1, 0.15) is 0 Å². The molecule has 34 heavy (non-hydrogen) atoms. The molecule has 0 unspecified atom stereocenters. The minimum atomic E-state index is -2.33. The smallest absolute Gasteiger partial charge is 0.652 e. The first kappa shape index (κ1) is 83.6. The average molecular weight is 965 g/mol. The third kappa shape index (κ3) is 47500. The van der Waals surface area contributed by atoms with Crippen LogP contribution in [0, 0.1) is 31.1 Å². The molecule has 0 atom stereocenters. The molecule has 2 N–H and O–H groups in total. The average Bonchev–Trinajstić information content (AvgIpc) is 2.20.